The number of nitrogens with one attached hydrogen (secondary N) is 1. The highest BCUT2D eigenvalue weighted by Gasteiger charge is 2.32. The number of hydrogen-bond donors (Lipinski definition) is 2. The van der Waals surface area contributed by atoms with Crippen molar-refractivity contribution < 1.29 is 5.11 Å². The molecule has 96 valence electrons. The van der Waals surface area contributed by atoms with E-state index < -0.39 is 0 Å². The van der Waals surface area contributed by atoms with E-state index in [1.807, 2.05) is 18.2 Å². The van der Waals surface area contributed by atoms with Crippen LogP contribution in [-0.2, 0) is 0 Å². The third kappa shape index (κ3) is 2.63. The van der Waals surface area contributed by atoms with Crippen LogP contribution in [0.1, 0.15) is 19.4 Å². The first-order chi connectivity index (χ1) is 8.55. The van der Waals surface area contributed by atoms with Gasteiger partial charge in [0.2, 0.25) is 0 Å². The van der Waals surface area contributed by atoms with E-state index in [2.05, 4.69) is 30.1 Å². The first-order valence-electron chi connectivity index (χ1n) is 6.18. The average molecular weight is 245 g/mol. The van der Waals surface area contributed by atoms with Gasteiger partial charge in [0.1, 0.15) is 0 Å². The summed E-state index contributed by atoms with van der Waals surface area (Å²) in [5, 5.41) is 21.8. The van der Waals surface area contributed by atoms with Crippen molar-refractivity contribution in [2.45, 2.75) is 25.4 Å². The van der Waals surface area contributed by atoms with Crippen LogP contribution in [0, 0.1) is 11.3 Å². The monoisotopic (exact) mass is 245 g/mol. The molecule has 0 radical (unpaired) electrons. The number of aliphatic hydroxyl groups is 1. The van der Waals surface area contributed by atoms with Crippen LogP contribution in [0.3, 0.4) is 0 Å². The lowest BCUT2D eigenvalue weighted by molar-refractivity contribution is 0.215. The van der Waals surface area contributed by atoms with Crippen molar-refractivity contribution in [3.63, 3.8) is 0 Å². The van der Waals surface area contributed by atoms with E-state index in [4.69, 9.17) is 5.26 Å². The van der Waals surface area contributed by atoms with Gasteiger partial charge in [-0.3, -0.25) is 0 Å². The van der Waals surface area contributed by atoms with Crippen LogP contribution in [0.15, 0.2) is 24.3 Å². The summed E-state index contributed by atoms with van der Waals surface area (Å²) >= 11 is 0. The molecule has 4 heteroatoms. The summed E-state index contributed by atoms with van der Waals surface area (Å²) in [6.45, 7) is 5.96. The molecule has 0 aromatic heterocycles. The first kappa shape index (κ1) is 12.9. The first-order valence-corrected chi connectivity index (χ1v) is 6.18. The fraction of sp³-hybridized carbons (Fsp3) is 0.500. The van der Waals surface area contributed by atoms with E-state index in [0.29, 0.717) is 5.56 Å². The van der Waals surface area contributed by atoms with E-state index >= 15 is 0 Å². The molecular weight excluding hydrogens is 226 g/mol. The van der Waals surface area contributed by atoms with Gasteiger partial charge < -0.3 is 15.3 Å². The molecule has 1 aromatic carbocycles. The highest BCUT2D eigenvalue weighted by molar-refractivity contribution is 5.53. The van der Waals surface area contributed by atoms with Gasteiger partial charge in [-0.15, -0.1) is 0 Å². The molecule has 4 nitrogen and oxygen atoms in total. The number of anilines is 1. The minimum Gasteiger partial charge on any atom is -0.394 e. The molecule has 0 amide bonds. The third-order valence-electron chi connectivity index (χ3n) is 3.34. The summed E-state index contributed by atoms with van der Waals surface area (Å²) in [7, 11) is 0. The molecule has 1 unspecified atom stereocenters. The van der Waals surface area contributed by atoms with E-state index in [-0.39, 0.29) is 18.2 Å². The Hall–Kier alpha value is -1.57. The number of nitrogens with zero attached hydrogens (tertiary/aromatic N) is 2. The molecule has 0 aliphatic carbocycles. The quantitative estimate of drug-likeness (QED) is 0.819. The van der Waals surface area contributed by atoms with Crippen molar-refractivity contribution in [1.29, 1.82) is 5.26 Å². The minimum atomic E-state index is 0.00825. The van der Waals surface area contributed by atoms with Crippen molar-refractivity contribution in [3.8, 4) is 6.07 Å². The highest BCUT2D eigenvalue weighted by Crippen LogP contribution is 2.24. The Labute approximate surface area is 108 Å². The van der Waals surface area contributed by atoms with Crippen LogP contribution in [0.25, 0.3) is 0 Å². The van der Waals surface area contributed by atoms with Gasteiger partial charge in [-0.1, -0.05) is 6.07 Å². The number of piperazine rings is 1. The maximum atomic E-state index is 9.47. The Bertz CT molecular complexity index is 464. The second-order valence-corrected chi connectivity index (χ2v) is 5.39. The largest absolute Gasteiger partial charge is 0.394 e. The van der Waals surface area contributed by atoms with E-state index in [1.54, 1.807) is 6.07 Å². The second-order valence-electron chi connectivity index (χ2n) is 5.39. The van der Waals surface area contributed by atoms with Gasteiger partial charge in [-0.25, -0.2) is 0 Å². The zero-order valence-corrected chi connectivity index (χ0v) is 10.8. The molecule has 1 heterocycles. The molecule has 18 heavy (non-hydrogen) atoms. The lowest BCUT2D eigenvalue weighted by Crippen LogP contribution is -2.62. The molecule has 1 aromatic rings. The molecular formula is C14H19N3O. The van der Waals surface area contributed by atoms with Gasteiger partial charge in [0, 0.05) is 24.3 Å². The van der Waals surface area contributed by atoms with E-state index in [1.165, 1.54) is 0 Å². The van der Waals surface area contributed by atoms with Crippen molar-refractivity contribution in [2.75, 3.05) is 24.6 Å². The Morgan fingerprint density at radius 2 is 2.33 bits per heavy atom. The number of nitriles is 1. The van der Waals surface area contributed by atoms with Crippen molar-refractivity contribution in [3.05, 3.63) is 29.8 Å². The van der Waals surface area contributed by atoms with Crippen LogP contribution >= 0.6 is 0 Å². The summed E-state index contributed by atoms with van der Waals surface area (Å²) in [5.41, 5.74) is 1.66. The summed E-state index contributed by atoms with van der Waals surface area (Å²) in [4.78, 5) is 2.18. The standard InChI is InChI=1S/C14H19N3O/c1-14(2)10-17(13(9-18)8-16-14)12-5-3-4-11(6-12)7-15/h3-6,13,16,18H,8-10H2,1-2H3. The van der Waals surface area contributed by atoms with Gasteiger partial charge in [0.15, 0.2) is 0 Å². The average Bonchev–Trinajstić information content (AvgIpc) is 2.38. The predicted octanol–water partition coefficient (Wildman–Crippen LogP) is 1.11. The topological polar surface area (TPSA) is 59.3 Å². The zero-order valence-electron chi connectivity index (χ0n) is 10.8. The molecule has 0 saturated carbocycles. The zero-order chi connectivity index (χ0) is 13.2. The molecule has 1 aliphatic heterocycles. The summed E-state index contributed by atoms with van der Waals surface area (Å²) in [5.74, 6) is 0. The molecule has 0 bridgehead atoms. The summed E-state index contributed by atoms with van der Waals surface area (Å²) < 4.78 is 0. The molecule has 2 N–H and O–H groups in total. The van der Waals surface area contributed by atoms with Crippen LogP contribution in [0.2, 0.25) is 0 Å². The van der Waals surface area contributed by atoms with Gasteiger partial charge in [-0.05, 0) is 32.0 Å². The molecule has 1 saturated heterocycles. The maximum absolute atomic E-state index is 9.47. The summed E-state index contributed by atoms with van der Waals surface area (Å²) in [6, 6.07) is 9.77. The van der Waals surface area contributed by atoms with Crippen molar-refractivity contribution in [1.82, 2.24) is 5.32 Å². The number of rotatable bonds is 2. The molecule has 1 fully saturated rings. The fourth-order valence-electron chi connectivity index (χ4n) is 2.33. The van der Waals surface area contributed by atoms with Crippen LogP contribution in [0.4, 0.5) is 5.69 Å². The van der Waals surface area contributed by atoms with Crippen LogP contribution in [0.5, 0.6) is 0 Å². The molecule has 0 spiro atoms. The van der Waals surface area contributed by atoms with Gasteiger partial charge in [-0.2, -0.15) is 5.26 Å². The Morgan fingerprint density at radius 3 is 3.00 bits per heavy atom. The SMILES string of the molecule is CC1(C)CN(c2cccc(C#N)c2)C(CO)CN1. The Kier molecular flexibility index (Phi) is 3.55. The van der Waals surface area contributed by atoms with E-state index in [0.717, 1.165) is 18.8 Å². The molecule has 1 atom stereocenters. The van der Waals surface area contributed by atoms with Crippen molar-refractivity contribution in [2.24, 2.45) is 0 Å². The summed E-state index contributed by atoms with van der Waals surface area (Å²) in [6.07, 6.45) is 0. The van der Waals surface area contributed by atoms with Crippen molar-refractivity contribution >= 4 is 5.69 Å². The maximum Gasteiger partial charge on any atom is 0.0992 e. The second kappa shape index (κ2) is 4.97. The fourth-order valence-corrected chi connectivity index (χ4v) is 2.33. The van der Waals surface area contributed by atoms with Crippen LogP contribution in [-0.4, -0.2) is 36.4 Å². The number of aliphatic hydroxyl groups excluding tert-OH is 1. The smallest absolute Gasteiger partial charge is 0.0992 e. The lowest BCUT2D eigenvalue weighted by atomic mass is 9.98. The lowest BCUT2D eigenvalue weighted by Gasteiger charge is -2.45. The Balaban J connectivity index is 2.30. The van der Waals surface area contributed by atoms with E-state index in [9.17, 15) is 5.11 Å². The van der Waals surface area contributed by atoms with Gasteiger partial charge >= 0.3 is 0 Å². The number of benzene rings is 1. The van der Waals surface area contributed by atoms with Crippen LogP contribution < -0.4 is 10.2 Å². The molecule has 1 aliphatic rings. The normalized spacial score (nSPS) is 22.6. The van der Waals surface area contributed by atoms with Gasteiger partial charge in [0.25, 0.3) is 0 Å². The van der Waals surface area contributed by atoms with Gasteiger partial charge in [0.05, 0.1) is 24.3 Å². The minimum absolute atomic E-state index is 0.00825. The number of hydrogen-bond acceptors (Lipinski definition) is 4. The predicted molar refractivity (Wildman–Crippen MR) is 71.5 cm³/mol. The highest BCUT2D eigenvalue weighted by atomic mass is 16.3. The Morgan fingerprint density at radius 1 is 1.56 bits per heavy atom. The third-order valence-corrected chi connectivity index (χ3v) is 3.34. The molecule has 2 rings (SSSR count).